The summed E-state index contributed by atoms with van der Waals surface area (Å²) >= 11 is 0. The molecule has 3 aliphatic rings. The highest BCUT2D eigenvalue weighted by atomic mass is 16.6. The highest BCUT2D eigenvalue weighted by molar-refractivity contribution is 6.04. The normalized spacial score (nSPS) is 43.7. The van der Waals surface area contributed by atoms with E-state index in [1.54, 1.807) is 0 Å². The Morgan fingerprint density at radius 2 is 2.00 bits per heavy atom. The molecule has 0 spiro atoms. The number of rotatable bonds is 3. The van der Waals surface area contributed by atoms with Crippen molar-refractivity contribution in [3.05, 3.63) is 0 Å². The van der Waals surface area contributed by atoms with Crippen LogP contribution >= 0.6 is 0 Å². The Morgan fingerprint density at radius 3 is 2.76 bits per heavy atom. The van der Waals surface area contributed by atoms with Crippen LogP contribution in [0.15, 0.2) is 0 Å². The molecule has 3 heteroatoms. The van der Waals surface area contributed by atoms with Gasteiger partial charge in [0.25, 0.3) is 0 Å². The first-order valence-corrected chi connectivity index (χ1v) is 6.94. The summed E-state index contributed by atoms with van der Waals surface area (Å²) < 4.78 is 5.01. The van der Waals surface area contributed by atoms with Gasteiger partial charge >= 0.3 is 11.9 Å². The van der Waals surface area contributed by atoms with Crippen molar-refractivity contribution in [1.29, 1.82) is 0 Å². The summed E-state index contributed by atoms with van der Waals surface area (Å²) in [5, 5.41) is 0. The molecule has 3 rings (SSSR count). The SMILES string of the molecule is CCCC[C@@H]1C[C@@]23CCCC[C@@]12C(=O)OC3=O. The summed E-state index contributed by atoms with van der Waals surface area (Å²) in [6.45, 7) is 2.17. The molecule has 0 aromatic rings. The molecule has 0 N–H and O–H groups in total. The molecular weight excluding hydrogens is 216 g/mol. The average Bonchev–Trinajstić information content (AvgIpc) is 2.47. The predicted octanol–water partition coefficient (Wildman–Crippen LogP) is 2.83. The maximum atomic E-state index is 12.1. The van der Waals surface area contributed by atoms with Crippen LogP contribution in [0.25, 0.3) is 0 Å². The van der Waals surface area contributed by atoms with E-state index in [0.717, 1.165) is 51.4 Å². The molecule has 1 heterocycles. The number of hydrogen-bond acceptors (Lipinski definition) is 3. The molecule has 3 fully saturated rings. The van der Waals surface area contributed by atoms with Crippen LogP contribution in [-0.2, 0) is 14.3 Å². The lowest BCUT2D eigenvalue weighted by molar-refractivity contribution is -0.178. The number of esters is 2. The molecule has 0 radical (unpaired) electrons. The van der Waals surface area contributed by atoms with Crippen LogP contribution in [0, 0.1) is 16.7 Å². The minimum Gasteiger partial charge on any atom is -0.392 e. The van der Waals surface area contributed by atoms with Crippen molar-refractivity contribution in [1.82, 2.24) is 0 Å². The van der Waals surface area contributed by atoms with Crippen LogP contribution < -0.4 is 0 Å². The Balaban J connectivity index is 1.91. The lowest BCUT2D eigenvalue weighted by Gasteiger charge is -2.58. The average molecular weight is 236 g/mol. The monoisotopic (exact) mass is 236 g/mol. The van der Waals surface area contributed by atoms with Gasteiger partial charge in [-0.15, -0.1) is 0 Å². The van der Waals surface area contributed by atoms with Gasteiger partial charge < -0.3 is 4.74 Å². The molecule has 3 nitrogen and oxygen atoms in total. The molecule has 17 heavy (non-hydrogen) atoms. The van der Waals surface area contributed by atoms with Gasteiger partial charge in [-0.25, -0.2) is 0 Å². The van der Waals surface area contributed by atoms with E-state index in [2.05, 4.69) is 6.92 Å². The lowest BCUT2D eigenvalue weighted by atomic mass is 9.39. The molecule has 94 valence electrons. The van der Waals surface area contributed by atoms with Crippen LogP contribution in [0.1, 0.15) is 58.3 Å². The Bertz CT molecular complexity index is 376. The van der Waals surface area contributed by atoms with Crippen molar-refractivity contribution in [2.45, 2.75) is 58.3 Å². The number of ether oxygens (including phenoxy) is 1. The van der Waals surface area contributed by atoms with Crippen LogP contribution in [0.3, 0.4) is 0 Å². The second kappa shape index (κ2) is 3.56. The molecule has 0 bridgehead atoms. The van der Waals surface area contributed by atoms with Gasteiger partial charge in [0.15, 0.2) is 0 Å². The minimum atomic E-state index is -0.405. The quantitative estimate of drug-likeness (QED) is 0.559. The fraction of sp³-hybridized carbons (Fsp3) is 0.857. The van der Waals surface area contributed by atoms with E-state index in [1.807, 2.05) is 0 Å². The first-order valence-electron chi connectivity index (χ1n) is 6.94. The summed E-state index contributed by atoms with van der Waals surface area (Å²) in [5.41, 5.74) is -0.807. The van der Waals surface area contributed by atoms with Crippen molar-refractivity contribution >= 4 is 11.9 Å². The smallest absolute Gasteiger partial charge is 0.321 e. The lowest BCUT2D eigenvalue weighted by Crippen LogP contribution is -2.61. The van der Waals surface area contributed by atoms with Crippen molar-refractivity contribution < 1.29 is 14.3 Å². The third kappa shape index (κ3) is 1.13. The second-order valence-corrected chi connectivity index (χ2v) is 5.98. The molecular formula is C14H20O3. The Kier molecular flexibility index (Phi) is 2.36. The van der Waals surface area contributed by atoms with E-state index < -0.39 is 10.8 Å². The van der Waals surface area contributed by atoms with Gasteiger partial charge in [0.2, 0.25) is 0 Å². The van der Waals surface area contributed by atoms with E-state index in [9.17, 15) is 9.59 Å². The maximum Gasteiger partial charge on any atom is 0.321 e. The molecule has 2 saturated carbocycles. The summed E-state index contributed by atoms with van der Waals surface area (Å²) in [5.74, 6) is -0.00815. The van der Waals surface area contributed by atoms with Crippen LogP contribution in [0.5, 0.6) is 0 Å². The topological polar surface area (TPSA) is 43.4 Å². The third-order valence-electron chi connectivity index (χ3n) is 5.42. The minimum absolute atomic E-state index is 0.199. The van der Waals surface area contributed by atoms with Gasteiger partial charge in [0.1, 0.15) is 0 Å². The highest BCUT2D eigenvalue weighted by Gasteiger charge is 2.78. The fourth-order valence-corrected chi connectivity index (χ4v) is 4.54. The molecule has 1 aliphatic heterocycles. The zero-order valence-electron chi connectivity index (χ0n) is 10.5. The summed E-state index contributed by atoms with van der Waals surface area (Å²) in [6, 6.07) is 0. The van der Waals surface area contributed by atoms with Gasteiger partial charge in [-0.05, 0) is 31.6 Å². The van der Waals surface area contributed by atoms with E-state index in [0.29, 0.717) is 5.92 Å². The molecule has 0 amide bonds. The Hall–Kier alpha value is -0.860. The van der Waals surface area contributed by atoms with Gasteiger partial charge in [-0.3, -0.25) is 9.59 Å². The van der Waals surface area contributed by atoms with E-state index in [-0.39, 0.29) is 11.9 Å². The van der Waals surface area contributed by atoms with Crippen molar-refractivity contribution in [3.63, 3.8) is 0 Å². The Morgan fingerprint density at radius 1 is 1.24 bits per heavy atom. The second-order valence-electron chi connectivity index (χ2n) is 5.98. The first-order chi connectivity index (χ1) is 8.17. The largest absolute Gasteiger partial charge is 0.392 e. The zero-order chi connectivity index (χ0) is 12.1. The van der Waals surface area contributed by atoms with Gasteiger partial charge in [-0.2, -0.15) is 0 Å². The van der Waals surface area contributed by atoms with Gasteiger partial charge in [0.05, 0.1) is 10.8 Å². The standard InChI is InChI=1S/C14H20O3/c1-2-3-6-10-9-13-7-4-5-8-14(10,13)12(16)17-11(13)15/h10H,2-9H2,1H3/t10-,13-,14+/m1/s1. The molecule has 1 saturated heterocycles. The molecule has 2 aliphatic carbocycles. The molecule has 0 unspecified atom stereocenters. The van der Waals surface area contributed by atoms with E-state index in [1.165, 1.54) is 0 Å². The number of carbonyl (C=O) groups is 2. The number of carbonyl (C=O) groups excluding carboxylic acids is 2. The molecule has 3 atom stereocenters. The zero-order valence-corrected chi connectivity index (χ0v) is 10.5. The van der Waals surface area contributed by atoms with E-state index >= 15 is 0 Å². The highest BCUT2D eigenvalue weighted by Crippen LogP contribution is 2.72. The van der Waals surface area contributed by atoms with Crippen LogP contribution in [-0.4, -0.2) is 11.9 Å². The van der Waals surface area contributed by atoms with E-state index in [4.69, 9.17) is 4.74 Å². The third-order valence-corrected chi connectivity index (χ3v) is 5.42. The summed E-state index contributed by atoms with van der Waals surface area (Å²) in [4.78, 5) is 24.1. The summed E-state index contributed by atoms with van der Waals surface area (Å²) in [6.07, 6.45) is 8.20. The molecule has 0 aromatic heterocycles. The fourth-order valence-electron chi connectivity index (χ4n) is 4.54. The van der Waals surface area contributed by atoms with Gasteiger partial charge in [0, 0.05) is 0 Å². The van der Waals surface area contributed by atoms with Crippen molar-refractivity contribution in [2.75, 3.05) is 0 Å². The summed E-state index contributed by atoms with van der Waals surface area (Å²) in [7, 11) is 0. The van der Waals surface area contributed by atoms with Crippen LogP contribution in [0.2, 0.25) is 0 Å². The van der Waals surface area contributed by atoms with Gasteiger partial charge in [-0.1, -0.05) is 32.6 Å². The predicted molar refractivity (Wildman–Crippen MR) is 62.1 cm³/mol. The Labute approximate surface area is 102 Å². The number of unbranched alkanes of at least 4 members (excludes halogenated alkanes) is 1. The van der Waals surface area contributed by atoms with Crippen molar-refractivity contribution in [3.8, 4) is 0 Å². The number of cyclic esters (lactones) is 2. The maximum absolute atomic E-state index is 12.1. The molecule has 0 aromatic carbocycles. The van der Waals surface area contributed by atoms with Crippen molar-refractivity contribution in [2.24, 2.45) is 16.7 Å². The van der Waals surface area contributed by atoms with Crippen LogP contribution in [0.4, 0.5) is 0 Å². The number of hydrogen-bond donors (Lipinski definition) is 0. The first kappa shape index (κ1) is 11.2.